The van der Waals surface area contributed by atoms with Crippen molar-refractivity contribution < 1.29 is 36.2 Å². The average molecular weight is 487 g/mol. The van der Waals surface area contributed by atoms with Crippen molar-refractivity contribution in [1.29, 1.82) is 0 Å². The van der Waals surface area contributed by atoms with Crippen molar-refractivity contribution >= 4 is 5.97 Å². The summed E-state index contributed by atoms with van der Waals surface area (Å²) < 4.78 is 78.1. The third-order valence-electron chi connectivity index (χ3n) is 6.21. The maximum atomic E-state index is 13.0. The number of piperidine rings is 1. The molecule has 0 radical (unpaired) electrons. The number of carbonyl (C=O) groups is 1. The fraction of sp³-hybridized carbons (Fsp3) is 0.480. The van der Waals surface area contributed by atoms with Crippen molar-refractivity contribution in [3.8, 4) is 11.1 Å². The molecular weight excluding hydrogens is 460 g/mol. The van der Waals surface area contributed by atoms with E-state index in [2.05, 4.69) is 5.32 Å². The van der Waals surface area contributed by atoms with E-state index in [9.17, 15) is 36.2 Å². The molecule has 186 valence electrons. The van der Waals surface area contributed by atoms with E-state index in [1.807, 2.05) is 13.8 Å². The normalized spacial score (nSPS) is 20.4. The Morgan fingerprint density at radius 1 is 1.00 bits per heavy atom. The van der Waals surface area contributed by atoms with Crippen LogP contribution in [0.4, 0.5) is 26.3 Å². The Labute approximate surface area is 194 Å². The Morgan fingerprint density at radius 2 is 1.65 bits per heavy atom. The molecule has 3 atom stereocenters. The summed E-state index contributed by atoms with van der Waals surface area (Å²) in [6.45, 7) is 3.85. The molecule has 3 rings (SSSR count). The standard InChI is InChI=1S/C25H27F6NO2/c1-14(2)9-21(23(33)34)19-11-17(15-3-6-20(7-4-15)24(26,27)28)10-18(12-19)16-5-8-22(32-13-16)25(29,30)31/h3-4,6-7,10-12,14,16,21-22,32H,5,8-9,13H2,1-2H3,(H,33,34)/t16?,21-,22?/m0/s1. The summed E-state index contributed by atoms with van der Waals surface area (Å²) in [5.74, 6) is -2.07. The lowest BCUT2D eigenvalue weighted by Crippen LogP contribution is -2.47. The molecule has 0 bridgehead atoms. The zero-order chi connectivity index (χ0) is 25.3. The van der Waals surface area contributed by atoms with Gasteiger partial charge in [0.05, 0.1) is 11.5 Å². The molecular formula is C25H27F6NO2. The second-order valence-electron chi connectivity index (χ2n) is 9.26. The van der Waals surface area contributed by atoms with Crippen molar-refractivity contribution in [2.24, 2.45) is 5.92 Å². The highest BCUT2D eigenvalue weighted by molar-refractivity contribution is 5.77. The zero-order valence-corrected chi connectivity index (χ0v) is 18.8. The maximum Gasteiger partial charge on any atom is 0.416 e. The smallest absolute Gasteiger partial charge is 0.416 e. The fourth-order valence-electron chi connectivity index (χ4n) is 4.40. The first-order valence-electron chi connectivity index (χ1n) is 11.1. The molecule has 9 heteroatoms. The van der Waals surface area contributed by atoms with E-state index >= 15 is 0 Å². The summed E-state index contributed by atoms with van der Waals surface area (Å²) in [6.07, 6.45) is -8.33. The number of hydrogen-bond acceptors (Lipinski definition) is 2. The molecule has 1 aliphatic rings. The summed E-state index contributed by atoms with van der Waals surface area (Å²) in [4.78, 5) is 12.0. The first-order valence-corrected chi connectivity index (χ1v) is 11.1. The molecule has 0 amide bonds. The number of halogens is 6. The SMILES string of the molecule is CC(C)C[C@H](C(=O)O)c1cc(-c2ccc(C(F)(F)F)cc2)cc(C2CCC(C(F)(F)F)NC2)c1. The van der Waals surface area contributed by atoms with Crippen LogP contribution in [0.2, 0.25) is 0 Å². The van der Waals surface area contributed by atoms with Crippen LogP contribution < -0.4 is 5.32 Å². The number of nitrogens with one attached hydrogen (secondary N) is 1. The van der Waals surface area contributed by atoms with Crippen LogP contribution in [0, 0.1) is 5.92 Å². The molecule has 34 heavy (non-hydrogen) atoms. The highest BCUT2D eigenvalue weighted by Gasteiger charge is 2.41. The van der Waals surface area contributed by atoms with Crippen LogP contribution in [0.15, 0.2) is 42.5 Å². The zero-order valence-electron chi connectivity index (χ0n) is 18.8. The lowest BCUT2D eigenvalue weighted by atomic mass is 9.82. The minimum Gasteiger partial charge on any atom is -0.481 e. The van der Waals surface area contributed by atoms with Crippen molar-refractivity contribution in [3.63, 3.8) is 0 Å². The van der Waals surface area contributed by atoms with Gasteiger partial charge in [-0.2, -0.15) is 26.3 Å². The third kappa shape index (κ3) is 6.31. The molecule has 1 saturated heterocycles. The minimum atomic E-state index is -4.49. The second-order valence-corrected chi connectivity index (χ2v) is 9.26. The Hall–Kier alpha value is -2.55. The number of carboxylic acids is 1. The summed E-state index contributed by atoms with van der Waals surface area (Å²) >= 11 is 0. The van der Waals surface area contributed by atoms with E-state index in [-0.39, 0.29) is 31.2 Å². The van der Waals surface area contributed by atoms with Gasteiger partial charge in [0.25, 0.3) is 0 Å². The van der Waals surface area contributed by atoms with Crippen LogP contribution in [0.5, 0.6) is 0 Å². The Morgan fingerprint density at radius 3 is 2.12 bits per heavy atom. The molecule has 1 heterocycles. The predicted octanol–water partition coefficient (Wildman–Crippen LogP) is 6.98. The highest BCUT2D eigenvalue weighted by atomic mass is 19.4. The molecule has 0 spiro atoms. The Bertz CT molecular complexity index is 990. The second kappa shape index (κ2) is 9.98. The van der Waals surface area contributed by atoms with Gasteiger partial charge in [0.1, 0.15) is 6.04 Å². The van der Waals surface area contributed by atoms with E-state index in [0.29, 0.717) is 28.7 Å². The molecule has 0 aliphatic carbocycles. The Kier molecular flexibility index (Phi) is 7.65. The van der Waals surface area contributed by atoms with Gasteiger partial charge in [0.15, 0.2) is 0 Å². The molecule has 3 nitrogen and oxygen atoms in total. The van der Waals surface area contributed by atoms with Crippen LogP contribution in [0.3, 0.4) is 0 Å². The predicted molar refractivity (Wildman–Crippen MR) is 117 cm³/mol. The quantitative estimate of drug-likeness (QED) is 0.432. The fourth-order valence-corrected chi connectivity index (χ4v) is 4.40. The van der Waals surface area contributed by atoms with E-state index < -0.39 is 35.8 Å². The number of carboxylic acid groups (broad SMARTS) is 1. The maximum absolute atomic E-state index is 13.0. The van der Waals surface area contributed by atoms with Crippen LogP contribution >= 0.6 is 0 Å². The van der Waals surface area contributed by atoms with Gasteiger partial charge in [0.2, 0.25) is 0 Å². The molecule has 0 aromatic heterocycles. The minimum absolute atomic E-state index is 0.0714. The van der Waals surface area contributed by atoms with Gasteiger partial charge in [-0.3, -0.25) is 4.79 Å². The van der Waals surface area contributed by atoms with E-state index in [1.54, 1.807) is 18.2 Å². The first-order chi connectivity index (χ1) is 15.8. The van der Waals surface area contributed by atoms with Crippen LogP contribution in [-0.4, -0.2) is 29.8 Å². The van der Waals surface area contributed by atoms with Crippen molar-refractivity contribution in [1.82, 2.24) is 5.32 Å². The summed E-state index contributed by atoms with van der Waals surface area (Å²) in [7, 11) is 0. The van der Waals surface area contributed by atoms with Crippen molar-refractivity contribution in [2.75, 3.05) is 6.54 Å². The summed E-state index contributed by atoms with van der Waals surface area (Å²) in [5, 5.41) is 12.4. The number of aliphatic carboxylic acids is 1. The topological polar surface area (TPSA) is 49.3 Å². The van der Waals surface area contributed by atoms with E-state index in [4.69, 9.17) is 0 Å². The Balaban J connectivity index is 2.01. The molecule has 1 fully saturated rings. The summed E-state index contributed by atoms with van der Waals surface area (Å²) in [5.41, 5.74) is 1.38. The van der Waals surface area contributed by atoms with E-state index in [0.717, 1.165) is 12.1 Å². The monoisotopic (exact) mass is 487 g/mol. The molecule has 2 aromatic rings. The molecule has 2 unspecified atom stereocenters. The van der Waals surface area contributed by atoms with Crippen LogP contribution in [0.25, 0.3) is 11.1 Å². The van der Waals surface area contributed by atoms with Crippen LogP contribution in [-0.2, 0) is 11.0 Å². The highest BCUT2D eigenvalue weighted by Crippen LogP contribution is 2.37. The third-order valence-corrected chi connectivity index (χ3v) is 6.21. The molecule has 0 saturated carbocycles. The summed E-state index contributed by atoms with van der Waals surface area (Å²) in [6, 6.07) is 8.08. The lowest BCUT2D eigenvalue weighted by Gasteiger charge is -2.32. The van der Waals surface area contributed by atoms with E-state index in [1.165, 1.54) is 12.1 Å². The number of hydrogen-bond donors (Lipinski definition) is 2. The number of alkyl halides is 6. The largest absolute Gasteiger partial charge is 0.481 e. The lowest BCUT2D eigenvalue weighted by molar-refractivity contribution is -0.160. The van der Waals surface area contributed by atoms with Gasteiger partial charge >= 0.3 is 18.3 Å². The van der Waals surface area contributed by atoms with Gasteiger partial charge in [-0.05, 0) is 65.5 Å². The van der Waals surface area contributed by atoms with Gasteiger partial charge in [-0.15, -0.1) is 0 Å². The van der Waals surface area contributed by atoms with Crippen molar-refractivity contribution in [2.45, 2.75) is 63.3 Å². The van der Waals surface area contributed by atoms with Gasteiger partial charge < -0.3 is 10.4 Å². The molecule has 2 N–H and O–H groups in total. The van der Waals surface area contributed by atoms with Gasteiger partial charge in [-0.25, -0.2) is 0 Å². The number of rotatable bonds is 6. The average Bonchev–Trinajstić information content (AvgIpc) is 2.76. The van der Waals surface area contributed by atoms with Crippen LogP contribution in [0.1, 0.15) is 61.6 Å². The molecule has 2 aromatic carbocycles. The number of benzene rings is 2. The molecule has 1 aliphatic heterocycles. The van der Waals surface area contributed by atoms with Gasteiger partial charge in [0, 0.05) is 6.54 Å². The van der Waals surface area contributed by atoms with Gasteiger partial charge in [-0.1, -0.05) is 44.2 Å². The first kappa shape index (κ1) is 26.1. The van der Waals surface area contributed by atoms with Crippen molar-refractivity contribution in [3.05, 3.63) is 59.2 Å².